The second kappa shape index (κ2) is 9.02. The number of hydrogen-bond donors (Lipinski definition) is 0. The fourth-order valence-electron chi connectivity index (χ4n) is 3.41. The van der Waals surface area contributed by atoms with Gasteiger partial charge in [-0.3, -0.25) is 9.00 Å². The first-order valence-corrected chi connectivity index (χ1v) is 11.2. The maximum Gasteiger partial charge on any atom is 0.289 e. The van der Waals surface area contributed by atoms with Gasteiger partial charge >= 0.3 is 0 Å². The van der Waals surface area contributed by atoms with Crippen LogP contribution in [-0.4, -0.2) is 41.2 Å². The van der Waals surface area contributed by atoms with Crippen molar-refractivity contribution in [3.05, 3.63) is 83.0 Å². The van der Waals surface area contributed by atoms with Gasteiger partial charge in [0.05, 0.1) is 22.2 Å². The molecule has 1 atom stereocenters. The van der Waals surface area contributed by atoms with Crippen LogP contribution in [0.5, 0.6) is 0 Å². The average molecular weight is 447 g/mol. The molecule has 2 heterocycles. The summed E-state index contributed by atoms with van der Waals surface area (Å²) in [6, 6.07) is 16.8. The number of carbonyl (C=O) groups excluding carboxylic acids is 1. The predicted molar refractivity (Wildman–Crippen MR) is 115 cm³/mol. The molecule has 1 aliphatic rings. The second-order valence-electron chi connectivity index (χ2n) is 6.94. The number of amides is 1. The van der Waals surface area contributed by atoms with Crippen molar-refractivity contribution in [1.29, 1.82) is 0 Å². The molecule has 0 radical (unpaired) electrons. The highest BCUT2D eigenvalue weighted by atomic mass is 35.5. The van der Waals surface area contributed by atoms with Crippen molar-refractivity contribution >= 4 is 34.0 Å². The molecule has 2 aromatic carbocycles. The van der Waals surface area contributed by atoms with E-state index in [1.54, 1.807) is 59.5 Å². The van der Waals surface area contributed by atoms with Gasteiger partial charge in [-0.05, 0) is 42.5 Å². The Balaban J connectivity index is 1.36. The van der Waals surface area contributed by atoms with Crippen molar-refractivity contribution in [2.75, 3.05) is 31.1 Å². The molecule has 0 bridgehead atoms. The Morgan fingerprint density at radius 3 is 2.53 bits per heavy atom. The van der Waals surface area contributed by atoms with E-state index in [0.717, 1.165) is 0 Å². The summed E-state index contributed by atoms with van der Waals surface area (Å²) in [5.74, 6) is 0.368. The van der Waals surface area contributed by atoms with Crippen molar-refractivity contribution in [3.8, 4) is 0 Å². The van der Waals surface area contributed by atoms with Gasteiger partial charge in [0.25, 0.3) is 5.91 Å². The van der Waals surface area contributed by atoms with E-state index in [4.69, 9.17) is 16.0 Å². The molecule has 0 aliphatic carbocycles. The lowest BCUT2D eigenvalue weighted by atomic mass is 10.2. The number of nitrogens with zero attached hydrogens (tertiary/aromatic N) is 2. The van der Waals surface area contributed by atoms with E-state index in [9.17, 15) is 13.4 Å². The molecule has 1 aromatic heterocycles. The highest BCUT2D eigenvalue weighted by Crippen LogP contribution is 2.22. The summed E-state index contributed by atoms with van der Waals surface area (Å²) in [4.78, 5) is 17.0. The highest BCUT2D eigenvalue weighted by Gasteiger charge is 2.25. The molecular weight excluding hydrogens is 427 g/mol. The van der Waals surface area contributed by atoms with E-state index in [1.165, 1.54) is 6.07 Å². The normalized spacial score (nSPS) is 15.3. The largest absolute Gasteiger partial charge is 0.455 e. The third-order valence-electron chi connectivity index (χ3n) is 4.96. The lowest BCUT2D eigenvalue weighted by molar-refractivity contribution is 0.0713. The molecule has 0 spiro atoms. The lowest BCUT2D eigenvalue weighted by Gasteiger charge is -2.35. The van der Waals surface area contributed by atoms with Crippen LogP contribution < -0.4 is 4.90 Å². The molecular formula is C22H20ClFN2O3S. The van der Waals surface area contributed by atoms with Crippen LogP contribution in [0.4, 0.5) is 10.1 Å². The van der Waals surface area contributed by atoms with E-state index in [-0.39, 0.29) is 23.2 Å². The van der Waals surface area contributed by atoms with Crippen molar-refractivity contribution < 1.29 is 17.8 Å². The summed E-state index contributed by atoms with van der Waals surface area (Å²) < 4.78 is 32.1. The SMILES string of the molecule is O=C(c1ccc(C[S@](=O)c2cccc(Cl)c2)o1)N1CCN(c2ccccc2F)CC1. The van der Waals surface area contributed by atoms with Crippen LogP contribution >= 0.6 is 11.6 Å². The fourth-order valence-corrected chi connectivity index (χ4v) is 4.73. The van der Waals surface area contributed by atoms with Crippen molar-refractivity contribution in [2.24, 2.45) is 0 Å². The van der Waals surface area contributed by atoms with E-state index < -0.39 is 10.8 Å². The first-order valence-electron chi connectivity index (χ1n) is 9.52. The Hall–Kier alpha value is -2.64. The van der Waals surface area contributed by atoms with E-state index in [1.807, 2.05) is 4.90 Å². The number of piperazine rings is 1. The van der Waals surface area contributed by atoms with Crippen molar-refractivity contribution in [3.63, 3.8) is 0 Å². The Labute approximate surface area is 181 Å². The molecule has 8 heteroatoms. The van der Waals surface area contributed by atoms with Crippen LogP contribution in [0.15, 0.2) is 70.0 Å². The third-order valence-corrected chi connectivity index (χ3v) is 6.53. The maximum absolute atomic E-state index is 14.0. The molecule has 1 saturated heterocycles. The molecule has 3 aromatic rings. The van der Waals surface area contributed by atoms with Crippen LogP contribution in [0.25, 0.3) is 0 Å². The monoisotopic (exact) mass is 446 g/mol. The number of anilines is 1. The maximum atomic E-state index is 14.0. The zero-order valence-corrected chi connectivity index (χ0v) is 17.7. The van der Waals surface area contributed by atoms with E-state index >= 15 is 0 Å². The number of halogens is 2. The summed E-state index contributed by atoms with van der Waals surface area (Å²) >= 11 is 5.95. The summed E-state index contributed by atoms with van der Waals surface area (Å²) in [6.07, 6.45) is 0. The molecule has 0 N–H and O–H groups in total. The van der Waals surface area contributed by atoms with Gasteiger partial charge in [-0.1, -0.05) is 29.8 Å². The van der Waals surface area contributed by atoms with Crippen molar-refractivity contribution in [1.82, 2.24) is 4.90 Å². The smallest absolute Gasteiger partial charge is 0.289 e. The van der Waals surface area contributed by atoms with Crippen LogP contribution in [0, 0.1) is 5.82 Å². The zero-order valence-electron chi connectivity index (χ0n) is 16.1. The van der Waals surface area contributed by atoms with Gasteiger partial charge in [0.1, 0.15) is 11.6 Å². The van der Waals surface area contributed by atoms with Crippen LogP contribution in [0.2, 0.25) is 5.02 Å². The fraction of sp³-hybridized carbons (Fsp3) is 0.227. The first-order chi connectivity index (χ1) is 14.5. The minimum atomic E-state index is -1.32. The van der Waals surface area contributed by atoms with Gasteiger partial charge in [-0.2, -0.15) is 0 Å². The lowest BCUT2D eigenvalue weighted by Crippen LogP contribution is -2.49. The van der Waals surface area contributed by atoms with Gasteiger partial charge in [-0.25, -0.2) is 4.39 Å². The minimum Gasteiger partial charge on any atom is -0.455 e. The Morgan fingerprint density at radius 1 is 1.03 bits per heavy atom. The van der Waals surface area contributed by atoms with Crippen LogP contribution in [-0.2, 0) is 16.6 Å². The number of carbonyl (C=O) groups is 1. The number of rotatable bonds is 5. The quantitative estimate of drug-likeness (QED) is 0.585. The molecule has 0 unspecified atom stereocenters. The van der Waals surface area contributed by atoms with Crippen molar-refractivity contribution in [2.45, 2.75) is 10.6 Å². The Morgan fingerprint density at radius 2 is 1.80 bits per heavy atom. The third kappa shape index (κ3) is 4.57. The molecule has 156 valence electrons. The summed E-state index contributed by atoms with van der Waals surface area (Å²) in [6.45, 7) is 2.02. The molecule has 5 nitrogen and oxygen atoms in total. The average Bonchev–Trinajstić information content (AvgIpc) is 3.22. The van der Waals surface area contributed by atoms with Gasteiger partial charge in [-0.15, -0.1) is 0 Å². The first kappa shape index (κ1) is 20.6. The Kier molecular flexibility index (Phi) is 6.20. The second-order valence-corrected chi connectivity index (χ2v) is 8.83. The van der Waals surface area contributed by atoms with Gasteiger partial charge in [0, 0.05) is 36.1 Å². The van der Waals surface area contributed by atoms with E-state index in [2.05, 4.69) is 0 Å². The zero-order chi connectivity index (χ0) is 21.1. The van der Waals surface area contributed by atoms with Crippen LogP contribution in [0.3, 0.4) is 0 Å². The van der Waals surface area contributed by atoms with Gasteiger partial charge < -0.3 is 14.2 Å². The molecule has 4 rings (SSSR count). The van der Waals surface area contributed by atoms with E-state index in [0.29, 0.717) is 47.5 Å². The molecule has 1 fully saturated rings. The highest BCUT2D eigenvalue weighted by molar-refractivity contribution is 7.84. The summed E-state index contributed by atoms with van der Waals surface area (Å²) in [7, 11) is -1.32. The molecule has 0 saturated carbocycles. The minimum absolute atomic E-state index is 0.161. The number of para-hydroxylation sites is 1. The number of hydrogen-bond acceptors (Lipinski definition) is 4. The summed E-state index contributed by atoms with van der Waals surface area (Å²) in [5.41, 5.74) is 0.549. The molecule has 1 amide bonds. The predicted octanol–water partition coefficient (Wildman–Crippen LogP) is 4.34. The number of furan rings is 1. The Bertz CT molecular complexity index is 1080. The van der Waals surface area contributed by atoms with Gasteiger partial charge in [0.15, 0.2) is 5.76 Å². The van der Waals surface area contributed by atoms with Gasteiger partial charge in [0.2, 0.25) is 0 Å². The standard InChI is InChI=1S/C22H20ClFN2O3S/c23-16-4-3-5-18(14-16)30(28)15-17-8-9-21(29-17)22(27)26-12-10-25(11-13-26)20-7-2-1-6-19(20)24/h1-9,14H,10-13,15H2/t30-/m0/s1. The molecule has 30 heavy (non-hydrogen) atoms. The topological polar surface area (TPSA) is 53.8 Å². The number of benzene rings is 2. The summed E-state index contributed by atoms with van der Waals surface area (Å²) in [5, 5.41) is 0.519. The molecule has 1 aliphatic heterocycles. The van der Waals surface area contributed by atoms with Crippen LogP contribution in [0.1, 0.15) is 16.3 Å².